The molecule has 1 aliphatic rings. The lowest BCUT2D eigenvalue weighted by Crippen LogP contribution is -2.14. The molecule has 0 spiro atoms. The van der Waals surface area contributed by atoms with Crippen LogP contribution in [0.5, 0.6) is 0 Å². The molecule has 1 saturated carbocycles. The molecule has 1 aromatic heterocycles. The molecule has 1 amide bonds. The zero-order chi connectivity index (χ0) is 19.9. The van der Waals surface area contributed by atoms with Crippen LogP contribution in [0.2, 0.25) is 0 Å². The number of tetrazole rings is 1. The minimum absolute atomic E-state index is 0.116. The SMILES string of the molecule is Cc1ccc(S(C)(=O)=O)cc1C(=O)Nc1ccc(-c2nnnn2C2CC2)cc1. The van der Waals surface area contributed by atoms with Crippen molar-refractivity contribution in [1.82, 2.24) is 20.2 Å². The van der Waals surface area contributed by atoms with Crippen molar-refractivity contribution in [3.8, 4) is 11.4 Å². The predicted octanol–water partition coefficient (Wildman–Crippen LogP) is 2.64. The fourth-order valence-electron chi connectivity index (χ4n) is 2.93. The van der Waals surface area contributed by atoms with Crippen LogP contribution in [0.15, 0.2) is 47.4 Å². The lowest BCUT2D eigenvalue weighted by atomic mass is 10.1. The van der Waals surface area contributed by atoms with Crippen LogP contribution in [0.3, 0.4) is 0 Å². The van der Waals surface area contributed by atoms with Gasteiger partial charge in [0.15, 0.2) is 15.7 Å². The predicted molar refractivity (Wildman–Crippen MR) is 104 cm³/mol. The lowest BCUT2D eigenvalue weighted by molar-refractivity contribution is 0.102. The number of benzene rings is 2. The molecule has 1 aliphatic carbocycles. The van der Waals surface area contributed by atoms with Gasteiger partial charge in [0, 0.05) is 23.1 Å². The third-order valence-electron chi connectivity index (χ3n) is 4.67. The highest BCUT2D eigenvalue weighted by Crippen LogP contribution is 2.36. The second-order valence-electron chi connectivity index (χ2n) is 6.96. The average Bonchev–Trinajstić information content (AvgIpc) is 3.38. The minimum Gasteiger partial charge on any atom is -0.322 e. The van der Waals surface area contributed by atoms with E-state index in [2.05, 4.69) is 20.8 Å². The molecule has 8 nitrogen and oxygen atoms in total. The Morgan fingerprint density at radius 2 is 1.86 bits per heavy atom. The Hall–Kier alpha value is -3.07. The Kier molecular flexibility index (Phi) is 4.46. The van der Waals surface area contributed by atoms with Gasteiger partial charge in [-0.25, -0.2) is 13.1 Å². The first-order valence-electron chi connectivity index (χ1n) is 8.83. The van der Waals surface area contributed by atoms with Gasteiger partial charge in [0.2, 0.25) is 0 Å². The summed E-state index contributed by atoms with van der Waals surface area (Å²) < 4.78 is 25.3. The van der Waals surface area contributed by atoms with E-state index in [-0.39, 0.29) is 10.8 Å². The van der Waals surface area contributed by atoms with Crippen LogP contribution in [0.1, 0.15) is 34.8 Å². The van der Waals surface area contributed by atoms with Gasteiger partial charge in [-0.1, -0.05) is 6.07 Å². The van der Waals surface area contributed by atoms with Crippen molar-refractivity contribution in [3.63, 3.8) is 0 Å². The molecule has 4 rings (SSSR count). The van der Waals surface area contributed by atoms with Crippen LogP contribution < -0.4 is 5.32 Å². The van der Waals surface area contributed by atoms with E-state index >= 15 is 0 Å². The maximum atomic E-state index is 12.6. The molecular formula is C19H19N5O3S. The van der Waals surface area contributed by atoms with Crippen LogP contribution >= 0.6 is 0 Å². The summed E-state index contributed by atoms with van der Waals surface area (Å²) in [5, 5.41) is 14.7. The van der Waals surface area contributed by atoms with E-state index in [9.17, 15) is 13.2 Å². The number of amides is 1. The number of aryl methyl sites for hydroxylation is 1. The van der Waals surface area contributed by atoms with Gasteiger partial charge >= 0.3 is 0 Å². The number of nitrogens with zero attached hydrogens (tertiary/aromatic N) is 4. The van der Waals surface area contributed by atoms with Crippen molar-refractivity contribution in [2.24, 2.45) is 0 Å². The van der Waals surface area contributed by atoms with Crippen molar-refractivity contribution in [2.75, 3.05) is 11.6 Å². The summed E-state index contributed by atoms with van der Waals surface area (Å²) in [6, 6.07) is 12.1. The summed E-state index contributed by atoms with van der Waals surface area (Å²) >= 11 is 0. The van der Waals surface area contributed by atoms with Crippen molar-refractivity contribution in [1.29, 1.82) is 0 Å². The monoisotopic (exact) mass is 397 g/mol. The standard InChI is InChI=1S/C19H19N5O3S/c1-12-3-10-16(28(2,26)27)11-17(12)19(25)20-14-6-4-13(5-7-14)18-21-22-23-24(18)15-8-9-15/h3-7,10-11,15H,8-9H2,1-2H3,(H,20,25). The van der Waals surface area contributed by atoms with E-state index < -0.39 is 9.84 Å². The fourth-order valence-corrected chi connectivity index (χ4v) is 3.57. The van der Waals surface area contributed by atoms with Gasteiger partial charge in [-0.05, 0) is 72.2 Å². The summed E-state index contributed by atoms with van der Waals surface area (Å²) in [4.78, 5) is 12.8. The Morgan fingerprint density at radius 1 is 1.14 bits per heavy atom. The molecule has 9 heteroatoms. The van der Waals surface area contributed by atoms with E-state index in [0.29, 0.717) is 28.7 Å². The maximum Gasteiger partial charge on any atom is 0.255 e. The number of hydrogen-bond acceptors (Lipinski definition) is 6. The quantitative estimate of drug-likeness (QED) is 0.709. The molecule has 0 atom stereocenters. The van der Waals surface area contributed by atoms with Gasteiger partial charge in [-0.3, -0.25) is 4.79 Å². The summed E-state index contributed by atoms with van der Waals surface area (Å²) in [5.41, 5.74) is 2.49. The second-order valence-corrected chi connectivity index (χ2v) is 8.97. The third kappa shape index (κ3) is 3.65. The number of sulfone groups is 1. The smallest absolute Gasteiger partial charge is 0.255 e. The zero-order valence-electron chi connectivity index (χ0n) is 15.5. The van der Waals surface area contributed by atoms with Crippen LogP contribution in [0, 0.1) is 6.92 Å². The van der Waals surface area contributed by atoms with Gasteiger partial charge in [0.25, 0.3) is 5.91 Å². The van der Waals surface area contributed by atoms with Gasteiger partial charge in [0.1, 0.15) is 0 Å². The largest absolute Gasteiger partial charge is 0.322 e. The number of carbonyl (C=O) groups excluding carboxylic acids is 1. The summed E-state index contributed by atoms with van der Waals surface area (Å²) in [5.74, 6) is 0.343. The van der Waals surface area contributed by atoms with Crippen molar-refractivity contribution < 1.29 is 13.2 Å². The minimum atomic E-state index is -3.39. The molecule has 1 fully saturated rings. The first kappa shape index (κ1) is 18.3. The molecule has 0 unspecified atom stereocenters. The summed E-state index contributed by atoms with van der Waals surface area (Å²) in [6.07, 6.45) is 3.28. The molecule has 1 heterocycles. The zero-order valence-corrected chi connectivity index (χ0v) is 16.3. The van der Waals surface area contributed by atoms with E-state index in [1.165, 1.54) is 12.1 Å². The summed E-state index contributed by atoms with van der Waals surface area (Å²) in [6.45, 7) is 1.77. The number of hydrogen-bond donors (Lipinski definition) is 1. The highest BCUT2D eigenvalue weighted by Gasteiger charge is 2.28. The summed E-state index contributed by atoms with van der Waals surface area (Å²) in [7, 11) is -3.39. The van der Waals surface area contributed by atoms with Crippen LogP contribution in [-0.2, 0) is 9.84 Å². The topological polar surface area (TPSA) is 107 Å². The molecule has 0 bridgehead atoms. The molecule has 1 N–H and O–H groups in total. The number of anilines is 1. The lowest BCUT2D eigenvalue weighted by Gasteiger charge is -2.10. The number of nitrogens with one attached hydrogen (secondary N) is 1. The fraction of sp³-hybridized carbons (Fsp3) is 0.263. The first-order chi connectivity index (χ1) is 13.3. The normalized spacial score (nSPS) is 14.1. The molecule has 3 aromatic rings. The molecule has 0 saturated heterocycles. The maximum absolute atomic E-state index is 12.6. The van der Waals surface area contributed by atoms with Crippen molar-refractivity contribution in [2.45, 2.75) is 30.7 Å². The molecule has 144 valence electrons. The first-order valence-corrected chi connectivity index (χ1v) is 10.7. The number of aromatic nitrogens is 4. The van der Waals surface area contributed by atoms with E-state index in [0.717, 1.165) is 24.7 Å². The van der Waals surface area contributed by atoms with E-state index in [4.69, 9.17) is 0 Å². The molecule has 0 radical (unpaired) electrons. The highest BCUT2D eigenvalue weighted by atomic mass is 32.2. The van der Waals surface area contributed by atoms with Gasteiger partial charge < -0.3 is 5.32 Å². The second kappa shape index (κ2) is 6.83. The number of carbonyl (C=O) groups is 1. The Bertz CT molecular complexity index is 1150. The number of rotatable bonds is 5. The van der Waals surface area contributed by atoms with E-state index in [1.807, 2.05) is 16.8 Å². The highest BCUT2D eigenvalue weighted by molar-refractivity contribution is 7.90. The Balaban J connectivity index is 1.55. The van der Waals surface area contributed by atoms with Gasteiger partial charge in [-0.15, -0.1) is 5.10 Å². The Labute approximate surface area is 162 Å². The van der Waals surface area contributed by atoms with Gasteiger partial charge in [-0.2, -0.15) is 0 Å². The van der Waals surface area contributed by atoms with Crippen LogP contribution in [0.4, 0.5) is 5.69 Å². The van der Waals surface area contributed by atoms with E-state index in [1.54, 1.807) is 25.1 Å². The van der Waals surface area contributed by atoms with Crippen LogP contribution in [-0.4, -0.2) is 40.8 Å². The third-order valence-corrected chi connectivity index (χ3v) is 5.78. The van der Waals surface area contributed by atoms with Crippen molar-refractivity contribution in [3.05, 3.63) is 53.6 Å². The van der Waals surface area contributed by atoms with Gasteiger partial charge in [0.05, 0.1) is 10.9 Å². The average molecular weight is 397 g/mol. The molecule has 28 heavy (non-hydrogen) atoms. The van der Waals surface area contributed by atoms with Crippen molar-refractivity contribution >= 4 is 21.4 Å². The Morgan fingerprint density at radius 3 is 2.50 bits per heavy atom. The molecular weight excluding hydrogens is 378 g/mol. The van der Waals surface area contributed by atoms with Crippen LogP contribution in [0.25, 0.3) is 11.4 Å². The molecule has 0 aliphatic heterocycles. The molecule has 2 aromatic carbocycles.